The first-order chi connectivity index (χ1) is 10.4. The largest absolute Gasteiger partial charge is 0.351 e. The van der Waals surface area contributed by atoms with Gasteiger partial charge in [0.25, 0.3) is 0 Å². The molecule has 0 spiro atoms. The second kappa shape index (κ2) is 5.72. The predicted octanol–water partition coefficient (Wildman–Crippen LogP) is 3.54. The van der Waals surface area contributed by atoms with E-state index in [2.05, 4.69) is 25.9 Å². The molecule has 0 N–H and O–H groups in total. The van der Waals surface area contributed by atoms with Gasteiger partial charge in [-0.3, -0.25) is 0 Å². The van der Waals surface area contributed by atoms with Crippen LogP contribution in [0.25, 0.3) is 0 Å². The van der Waals surface area contributed by atoms with E-state index in [9.17, 15) is 0 Å². The van der Waals surface area contributed by atoms with Gasteiger partial charge < -0.3 is 4.90 Å². The smallest absolute Gasteiger partial charge is 0.132 e. The van der Waals surface area contributed by atoms with Crippen LogP contribution in [0.3, 0.4) is 0 Å². The van der Waals surface area contributed by atoms with Gasteiger partial charge in [0.2, 0.25) is 0 Å². The summed E-state index contributed by atoms with van der Waals surface area (Å²) in [5, 5.41) is 0. The second-order valence-electron chi connectivity index (χ2n) is 6.03. The van der Waals surface area contributed by atoms with Crippen molar-refractivity contribution >= 4 is 17.2 Å². The third kappa shape index (κ3) is 2.67. The number of fused-ring (bicyclic) bond motifs is 1. The Bertz CT molecular complexity index is 618. The molecule has 110 valence electrons. The fourth-order valence-electron chi connectivity index (χ4n) is 3.47. The van der Waals surface area contributed by atoms with Gasteiger partial charge in [-0.15, -0.1) is 11.3 Å². The number of hydrogen-bond donors (Lipinski definition) is 0. The van der Waals surface area contributed by atoms with Crippen LogP contribution in [0.2, 0.25) is 0 Å². The molecule has 2 aromatic heterocycles. The highest BCUT2D eigenvalue weighted by Crippen LogP contribution is 2.33. The van der Waals surface area contributed by atoms with Crippen molar-refractivity contribution in [3.05, 3.63) is 34.2 Å². The van der Waals surface area contributed by atoms with Crippen LogP contribution in [0.15, 0.2) is 17.9 Å². The van der Waals surface area contributed by atoms with Crippen LogP contribution in [0.1, 0.15) is 54.3 Å². The average molecular weight is 300 g/mol. The molecule has 0 radical (unpaired) electrons. The van der Waals surface area contributed by atoms with Crippen molar-refractivity contribution in [2.24, 2.45) is 0 Å². The highest BCUT2D eigenvalue weighted by atomic mass is 32.1. The van der Waals surface area contributed by atoms with Crippen LogP contribution in [0.5, 0.6) is 0 Å². The van der Waals surface area contributed by atoms with Crippen molar-refractivity contribution in [3.8, 4) is 0 Å². The van der Waals surface area contributed by atoms with E-state index in [-0.39, 0.29) is 0 Å². The molecule has 4 nitrogen and oxygen atoms in total. The molecule has 2 aliphatic rings. The van der Waals surface area contributed by atoms with Crippen molar-refractivity contribution in [1.29, 1.82) is 0 Å². The molecule has 5 heteroatoms. The fourth-order valence-corrected chi connectivity index (χ4v) is 4.30. The SMILES string of the molecule is c1nc(C2CCCCC2)cc(N2CCc3ncsc3C2)n1. The quantitative estimate of drug-likeness (QED) is 0.850. The lowest BCUT2D eigenvalue weighted by molar-refractivity contribution is 0.436. The second-order valence-corrected chi connectivity index (χ2v) is 6.97. The minimum Gasteiger partial charge on any atom is -0.351 e. The Morgan fingerprint density at radius 2 is 2.00 bits per heavy atom. The number of anilines is 1. The summed E-state index contributed by atoms with van der Waals surface area (Å²) in [5.74, 6) is 1.73. The Morgan fingerprint density at radius 3 is 2.90 bits per heavy atom. The zero-order valence-electron chi connectivity index (χ0n) is 12.2. The molecule has 1 fully saturated rings. The highest BCUT2D eigenvalue weighted by molar-refractivity contribution is 7.09. The summed E-state index contributed by atoms with van der Waals surface area (Å²) in [5.41, 5.74) is 4.48. The topological polar surface area (TPSA) is 41.9 Å². The molecule has 0 amide bonds. The maximum absolute atomic E-state index is 4.54. The molecular formula is C16H20N4S. The Morgan fingerprint density at radius 1 is 1.10 bits per heavy atom. The predicted molar refractivity (Wildman–Crippen MR) is 84.7 cm³/mol. The number of hydrogen-bond acceptors (Lipinski definition) is 5. The van der Waals surface area contributed by atoms with Gasteiger partial charge in [0.15, 0.2) is 0 Å². The number of nitrogens with zero attached hydrogens (tertiary/aromatic N) is 4. The van der Waals surface area contributed by atoms with Crippen molar-refractivity contribution in [3.63, 3.8) is 0 Å². The van der Waals surface area contributed by atoms with Crippen LogP contribution in [-0.2, 0) is 13.0 Å². The van der Waals surface area contributed by atoms with E-state index in [4.69, 9.17) is 0 Å². The number of aromatic nitrogens is 3. The third-order valence-corrected chi connectivity index (χ3v) is 5.56. The van der Waals surface area contributed by atoms with E-state index in [1.165, 1.54) is 48.4 Å². The minimum atomic E-state index is 0.643. The summed E-state index contributed by atoms with van der Waals surface area (Å²) in [7, 11) is 0. The molecule has 0 unspecified atom stereocenters. The van der Waals surface area contributed by atoms with E-state index in [0.29, 0.717) is 5.92 Å². The van der Waals surface area contributed by atoms with E-state index < -0.39 is 0 Å². The van der Waals surface area contributed by atoms with Crippen LogP contribution >= 0.6 is 11.3 Å². The van der Waals surface area contributed by atoms with E-state index in [0.717, 1.165) is 25.3 Å². The van der Waals surface area contributed by atoms with E-state index in [1.54, 1.807) is 17.7 Å². The molecule has 0 aromatic carbocycles. The van der Waals surface area contributed by atoms with Gasteiger partial charge in [0.05, 0.1) is 17.7 Å². The maximum Gasteiger partial charge on any atom is 0.132 e. The summed E-state index contributed by atoms with van der Waals surface area (Å²) >= 11 is 1.76. The maximum atomic E-state index is 4.54. The lowest BCUT2D eigenvalue weighted by atomic mass is 9.87. The first-order valence-corrected chi connectivity index (χ1v) is 8.76. The average Bonchev–Trinajstić information content (AvgIpc) is 3.03. The summed E-state index contributed by atoms with van der Waals surface area (Å²) in [6.07, 6.45) is 9.43. The van der Waals surface area contributed by atoms with Gasteiger partial charge >= 0.3 is 0 Å². The first-order valence-electron chi connectivity index (χ1n) is 7.88. The normalized spacial score (nSPS) is 19.5. The number of thiazole rings is 1. The molecule has 2 aromatic rings. The van der Waals surface area contributed by atoms with Crippen LogP contribution < -0.4 is 4.90 Å². The van der Waals surface area contributed by atoms with E-state index >= 15 is 0 Å². The molecule has 3 heterocycles. The lowest BCUT2D eigenvalue weighted by Gasteiger charge is -2.28. The monoisotopic (exact) mass is 300 g/mol. The van der Waals surface area contributed by atoms with Gasteiger partial charge in [0, 0.05) is 35.5 Å². The fraction of sp³-hybridized carbons (Fsp3) is 0.562. The Hall–Kier alpha value is -1.49. The number of rotatable bonds is 2. The summed E-state index contributed by atoms with van der Waals surface area (Å²) in [4.78, 5) is 17.3. The van der Waals surface area contributed by atoms with Crippen molar-refractivity contribution < 1.29 is 0 Å². The first kappa shape index (κ1) is 13.2. The standard InChI is InChI=1S/C16H20N4S/c1-2-4-12(5-3-1)14-8-16(18-10-17-14)20-7-6-13-15(9-20)21-11-19-13/h8,10-12H,1-7,9H2. The third-order valence-electron chi connectivity index (χ3n) is 4.70. The molecule has 1 saturated carbocycles. The van der Waals surface area contributed by atoms with Gasteiger partial charge in [-0.1, -0.05) is 19.3 Å². The highest BCUT2D eigenvalue weighted by Gasteiger charge is 2.22. The van der Waals surface area contributed by atoms with Crippen molar-refractivity contribution in [1.82, 2.24) is 15.0 Å². The van der Waals surface area contributed by atoms with Gasteiger partial charge in [-0.05, 0) is 12.8 Å². The molecule has 0 atom stereocenters. The molecule has 4 rings (SSSR count). The Labute approximate surface area is 129 Å². The molecular weight excluding hydrogens is 280 g/mol. The zero-order valence-corrected chi connectivity index (χ0v) is 13.0. The molecule has 21 heavy (non-hydrogen) atoms. The van der Waals surface area contributed by atoms with Crippen molar-refractivity contribution in [2.75, 3.05) is 11.4 Å². The molecule has 1 aliphatic carbocycles. The van der Waals surface area contributed by atoms with Crippen LogP contribution in [-0.4, -0.2) is 21.5 Å². The van der Waals surface area contributed by atoms with Gasteiger partial charge in [0.1, 0.15) is 12.1 Å². The lowest BCUT2D eigenvalue weighted by Crippen LogP contribution is -2.30. The minimum absolute atomic E-state index is 0.643. The Balaban J connectivity index is 1.55. The summed E-state index contributed by atoms with van der Waals surface area (Å²) in [6, 6.07) is 2.22. The zero-order chi connectivity index (χ0) is 14.1. The molecule has 0 bridgehead atoms. The molecule has 1 aliphatic heterocycles. The van der Waals surface area contributed by atoms with E-state index in [1.807, 2.05) is 5.51 Å². The summed E-state index contributed by atoms with van der Waals surface area (Å²) < 4.78 is 0. The van der Waals surface area contributed by atoms with Gasteiger partial charge in [-0.2, -0.15) is 0 Å². The van der Waals surface area contributed by atoms with Crippen molar-refractivity contribution in [2.45, 2.75) is 51.0 Å². The van der Waals surface area contributed by atoms with Crippen LogP contribution in [0.4, 0.5) is 5.82 Å². The van der Waals surface area contributed by atoms with Gasteiger partial charge in [-0.25, -0.2) is 15.0 Å². The summed E-state index contributed by atoms with van der Waals surface area (Å²) in [6.45, 7) is 1.96. The molecule has 0 saturated heterocycles. The van der Waals surface area contributed by atoms with Crippen LogP contribution in [0, 0.1) is 0 Å². The Kier molecular flexibility index (Phi) is 3.59.